The first-order valence-corrected chi connectivity index (χ1v) is 13.5. The topological polar surface area (TPSA) is 160 Å². The molecule has 1 aliphatic heterocycles. The van der Waals surface area contributed by atoms with Crippen molar-refractivity contribution in [2.75, 3.05) is 6.61 Å². The summed E-state index contributed by atoms with van der Waals surface area (Å²) in [5.41, 5.74) is 0. The normalized spacial score (nSPS) is 25.8. The quantitative estimate of drug-likeness (QED) is 0.126. The molecule has 0 saturated carbocycles. The van der Waals surface area contributed by atoms with Gasteiger partial charge in [0.25, 0.3) is 0 Å². The summed E-state index contributed by atoms with van der Waals surface area (Å²) < 4.78 is 45.2. The lowest BCUT2D eigenvalue weighted by atomic mass is 9.99. The van der Waals surface area contributed by atoms with Crippen molar-refractivity contribution < 1.29 is 46.7 Å². The van der Waals surface area contributed by atoms with Gasteiger partial charge in [0.2, 0.25) is 0 Å². The molecule has 0 amide bonds. The molecule has 0 aliphatic carbocycles. The monoisotopic (exact) mass is 498 g/mol. The van der Waals surface area contributed by atoms with Crippen molar-refractivity contribution in [3.8, 4) is 0 Å². The first kappa shape index (κ1) is 30.2. The van der Waals surface area contributed by atoms with E-state index < -0.39 is 53.7 Å². The van der Waals surface area contributed by atoms with Crippen LogP contribution in [0.1, 0.15) is 96.8 Å². The van der Waals surface area contributed by atoms with Crippen LogP contribution in [0.5, 0.6) is 0 Å². The first-order chi connectivity index (χ1) is 15.7. The van der Waals surface area contributed by atoms with Gasteiger partial charge in [-0.25, -0.2) is 4.18 Å². The van der Waals surface area contributed by atoms with Crippen molar-refractivity contribution in [2.24, 2.45) is 0 Å². The Kier molecular flexibility index (Phi) is 15.3. The zero-order valence-corrected chi connectivity index (χ0v) is 20.5. The van der Waals surface area contributed by atoms with Crippen molar-refractivity contribution in [3.05, 3.63) is 0 Å². The van der Waals surface area contributed by atoms with Crippen LogP contribution in [0.2, 0.25) is 0 Å². The molecule has 0 aromatic heterocycles. The smallest absolute Gasteiger partial charge is 0.397 e. The number of carbonyl (C=O) groups excluding carboxylic acids is 1. The zero-order chi connectivity index (χ0) is 24.7. The molecule has 10 nitrogen and oxygen atoms in total. The number of esters is 1. The van der Waals surface area contributed by atoms with Gasteiger partial charge in [-0.15, -0.1) is 0 Å². The number of unbranched alkanes of at least 4 members (excludes halogenated alkanes) is 12. The lowest BCUT2D eigenvalue weighted by Gasteiger charge is -2.39. The maximum atomic E-state index is 11.9. The van der Waals surface area contributed by atoms with E-state index in [2.05, 4.69) is 11.1 Å². The van der Waals surface area contributed by atoms with E-state index in [-0.39, 0.29) is 6.42 Å². The number of ether oxygens (including phenoxy) is 2. The summed E-state index contributed by atoms with van der Waals surface area (Å²) in [6.07, 6.45) is 6.85. The van der Waals surface area contributed by atoms with Crippen LogP contribution in [-0.4, -0.2) is 71.6 Å². The van der Waals surface area contributed by atoms with Crippen LogP contribution in [0.25, 0.3) is 0 Å². The number of hydrogen-bond donors (Lipinski definition) is 4. The van der Waals surface area contributed by atoms with Gasteiger partial charge in [0.1, 0.15) is 31.0 Å². The lowest BCUT2D eigenvalue weighted by molar-refractivity contribution is -0.283. The molecule has 4 N–H and O–H groups in total. The summed E-state index contributed by atoms with van der Waals surface area (Å²) in [4.78, 5) is 11.9. The fraction of sp³-hybridized carbons (Fsp3) is 0.955. The minimum absolute atomic E-state index is 0.169. The zero-order valence-electron chi connectivity index (χ0n) is 19.6. The van der Waals surface area contributed by atoms with Gasteiger partial charge in [-0.05, 0) is 6.42 Å². The number of hydrogen-bond acceptors (Lipinski definition) is 9. The second kappa shape index (κ2) is 16.7. The van der Waals surface area contributed by atoms with Crippen LogP contribution < -0.4 is 0 Å². The number of aliphatic hydroxyl groups is 3. The maximum Gasteiger partial charge on any atom is 0.397 e. The van der Waals surface area contributed by atoms with Crippen LogP contribution in [-0.2, 0) is 28.9 Å². The SMILES string of the molecule is CCCCCCCCCCCCCCCC(=O)OC[C@H]1O[C@H](O)[C@H](O)[C@@H](O)[C@@H]1OS(=O)(=O)O. The average Bonchev–Trinajstić information content (AvgIpc) is 2.75. The maximum absolute atomic E-state index is 11.9. The number of carbonyl (C=O) groups is 1. The Morgan fingerprint density at radius 1 is 0.818 bits per heavy atom. The molecule has 1 heterocycles. The lowest BCUT2D eigenvalue weighted by Crippen LogP contribution is -2.60. The summed E-state index contributed by atoms with van der Waals surface area (Å²) in [7, 11) is -4.98. The van der Waals surface area contributed by atoms with Gasteiger partial charge in [-0.1, -0.05) is 84.0 Å². The van der Waals surface area contributed by atoms with Gasteiger partial charge in [-0.2, -0.15) is 8.42 Å². The predicted molar refractivity (Wildman–Crippen MR) is 121 cm³/mol. The molecule has 1 rings (SSSR count). The van der Waals surface area contributed by atoms with E-state index >= 15 is 0 Å². The van der Waals surface area contributed by atoms with Gasteiger partial charge in [0.15, 0.2) is 6.29 Å². The highest BCUT2D eigenvalue weighted by Gasteiger charge is 2.47. The second-order valence-electron chi connectivity index (χ2n) is 8.71. The van der Waals surface area contributed by atoms with E-state index in [1.54, 1.807) is 0 Å². The van der Waals surface area contributed by atoms with Crippen LogP contribution in [0.3, 0.4) is 0 Å². The third kappa shape index (κ3) is 13.6. The molecular weight excluding hydrogens is 456 g/mol. The summed E-state index contributed by atoms with van der Waals surface area (Å²) in [6.45, 7) is 1.71. The summed E-state index contributed by atoms with van der Waals surface area (Å²) in [6, 6.07) is 0. The molecule has 0 radical (unpaired) electrons. The summed E-state index contributed by atoms with van der Waals surface area (Å²) in [5, 5.41) is 29.1. The highest BCUT2D eigenvalue weighted by atomic mass is 32.3. The number of aliphatic hydroxyl groups excluding tert-OH is 3. The van der Waals surface area contributed by atoms with Crippen molar-refractivity contribution in [1.29, 1.82) is 0 Å². The summed E-state index contributed by atoms with van der Waals surface area (Å²) in [5.74, 6) is -0.539. The van der Waals surface area contributed by atoms with E-state index in [1.165, 1.54) is 57.8 Å². The van der Waals surface area contributed by atoms with Gasteiger partial charge in [0.05, 0.1) is 0 Å². The molecule has 5 atom stereocenters. The molecular formula is C22H42O10S. The Balaban J connectivity index is 2.14. The molecule has 0 unspecified atom stereocenters. The van der Waals surface area contributed by atoms with Crippen LogP contribution in [0.4, 0.5) is 0 Å². The van der Waals surface area contributed by atoms with Gasteiger partial charge in [-0.3, -0.25) is 9.35 Å². The van der Waals surface area contributed by atoms with Crippen molar-refractivity contribution >= 4 is 16.4 Å². The first-order valence-electron chi connectivity index (χ1n) is 12.2. The molecule has 0 spiro atoms. The Morgan fingerprint density at radius 2 is 1.30 bits per heavy atom. The molecule has 1 fully saturated rings. The number of rotatable bonds is 18. The fourth-order valence-electron chi connectivity index (χ4n) is 3.85. The minimum atomic E-state index is -4.98. The molecule has 196 valence electrons. The Morgan fingerprint density at radius 3 is 1.79 bits per heavy atom. The van der Waals surface area contributed by atoms with Crippen molar-refractivity contribution in [2.45, 2.75) is 128 Å². The largest absolute Gasteiger partial charge is 0.463 e. The Bertz CT molecular complexity index is 627. The molecule has 1 saturated heterocycles. The average molecular weight is 499 g/mol. The van der Waals surface area contributed by atoms with Crippen LogP contribution in [0.15, 0.2) is 0 Å². The predicted octanol–water partition coefficient (Wildman–Crippen LogP) is 2.64. The third-order valence-corrected chi connectivity index (χ3v) is 6.25. The standard InChI is InChI=1S/C22H42O10S/c1-2-3-4-5-6-7-8-9-10-11-12-13-14-15-18(23)30-16-17-21(32-33(27,28)29)19(24)20(25)22(26)31-17/h17,19-22,24-26H,2-16H2,1H3,(H,27,28,29)/t17-,19-,20-,21-,22+/m1/s1. The molecule has 0 aromatic rings. The molecule has 11 heteroatoms. The molecule has 0 aromatic carbocycles. The van der Waals surface area contributed by atoms with Gasteiger partial charge >= 0.3 is 16.4 Å². The van der Waals surface area contributed by atoms with E-state index in [4.69, 9.17) is 14.0 Å². The third-order valence-electron chi connectivity index (χ3n) is 5.79. The highest BCUT2D eigenvalue weighted by Crippen LogP contribution is 2.24. The second-order valence-corrected chi connectivity index (χ2v) is 9.76. The van der Waals surface area contributed by atoms with Crippen LogP contribution in [0, 0.1) is 0 Å². The molecule has 1 aliphatic rings. The summed E-state index contributed by atoms with van der Waals surface area (Å²) >= 11 is 0. The van der Waals surface area contributed by atoms with Crippen LogP contribution >= 0.6 is 0 Å². The Hall–Kier alpha value is -0.820. The molecule has 33 heavy (non-hydrogen) atoms. The molecule has 0 bridgehead atoms. The highest BCUT2D eigenvalue weighted by molar-refractivity contribution is 7.80. The van der Waals surface area contributed by atoms with E-state index in [0.717, 1.165) is 19.3 Å². The minimum Gasteiger partial charge on any atom is -0.463 e. The van der Waals surface area contributed by atoms with Gasteiger partial charge in [0, 0.05) is 6.42 Å². The van der Waals surface area contributed by atoms with E-state index in [0.29, 0.717) is 6.42 Å². The fourth-order valence-corrected chi connectivity index (χ4v) is 4.37. The van der Waals surface area contributed by atoms with Crippen molar-refractivity contribution in [1.82, 2.24) is 0 Å². The Labute approximate surface area is 197 Å². The van der Waals surface area contributed by atoms with E-state index in [9.17, 15) is 28.5 Å². The van der Waals surface area contributed by atoms with Crippen molar-refractivity contribution in [3.63, 3.8) is 0 Å². The van der Waals surface area contributed by atoms with E-state index in [1.807, 2.05) is 0 Å². The van der Waals surface area contributed by atoms with Gasteiger partial charge < -0.3 is 24.8 Å².